The van der Waals surface area contributed by atoms with Crippen LogP contribution in [0.1, 0.15) is 16.1 Å². The molecule has 0 bridgehead atoms. The summed E-state index contributed by atoms with van der Waals surface area (Å²) >= 11 is 5.48. The van der Waals surface area contributed by atoms with Crippen molar-refractivity contribution in [3.8, 4) is 0 Å². The van der Waals surface area contributed by atoms with Crippen LogP contribution in [0.25, 0.3) is 5.65 Å². The molecule has 0 amide bonds. The second-order valence-corrected chi connectivity index (χ2v) is 3.65. The molecule has 0 spiro atoms. The summed E-state index contributed by atoms with van der Waals surface area (Å²) in [6.07, 6.45) is -3.63. The molecular weight excluding hydrogens is 275 g/mol. The van der Waals surface area contributed by atoms with Crippen molar-refractivity contribution in [1.82, 2.24) is 14.6 Å². The van der Waals surface area contributed by atoms with Gasteiger partial charge in [0.15, 0.2) is 16.5 Å². The van der Waals surface area contributed by atoms with Gasteiger partial charge in [-0.1, -0.05) is 11.6 Å². The molecule has 0 aliphatic rings. The first-order valence-electron chi connectivity index (χ1n) is 4.54. The van der Waals surface area contributed by atoms with Crippen molar-refractivity contribution >= 4 is 23.2 Å². The topological polar surface area (TPSA) is 56.5 Å². The van der Waals surface area contributed by atoms with Gasteiger partial charge in [-0.3, -0.25) is 0 Å². The van der Waals surface area contributed by atoms with Gasteiger partial charge in [0, 0.05) is 0 Å². The molecule has 0 fully saturated rings. The van der Waals surface area contributed by atoms with E-state index in [-0.39, 0.29) is 10.8 Å². The molecule has 0 aliphatic heterocycles. The summed E-state index contributed by atoms with van der Waals surface area (Å²) in [5, 5.41) is 3.24. The Bertz CT molecular complexity index is 623. The van der Waals surface area contributed by atoms with E-state index in [0.29, 0.717) is 6.07 Å². The molecule has 0 radical (unpaired) electrons. The average Bonchev–Trinajstić information content (AvgIpc) is 2.68. The van der Waals surface area contributed by atoms with Gasteiger partial charge in [0.25, 0.3) is 0 Å². The quantitative estimate of drug-likeness (QED) is 0.751. The third kappa shape index (κ3) is 2.10. The number of halogens is 4. The number of aromatic nitrogens is 3. The predicted octanol–water partition coefficient (Wildman–Crippen LogP) is 2.19. The van der Waals surface area contributed by atoms with E-state index in [4.69, 9.17) is 11.6 Å². The lowest BCUT2D eigenvalue weighted by Crippen LogP contribution is -2.09. The van der Waals surface area contributed by atoms with Crippen molar-refractivity contribution in [1.29, 1.82) is 0 Å². The highest BCUT2D eigenvalue weighted by atomic mass is 35.5. The summed E-state index contributed by atoms with van der Waals surface area (Å²) in [6, 6.07) is 0.644. The third-order valence-electron chi connectivity index (χ3n) is 2.10. The third-order valence-corrected chi connectivity index (χ3v) is 2.28. The number of esters is 1. The molecule has 5 nitrogen and oxygen atoms in total. The minimum atomic E-state index is -4.65. The number of rotatable bonds is 1. The smallest absolute Gasteiger partial charge is 0.420 e. The fourth-order valence-corrected chi connectivity index (χ4v) is 1.55. The van der Waals surface area contributed by atoms with Gasteiger partial charge in [-0.2, -0.15) is 18.3 Å². The summed E-state index contributed by atoms with van der Waals surface area (Å²) < 4.78 is 43.4. The van der Waals surface area contributed by atoms with Crippen LogP contribution in [0.4, 0.5) is 13.2 Å². The fraction of sp³-hybridized carbons (Fsp3) is 0.222. The van der Waals surface area contributed by atoms with Crippen LogP contribution in [-0.4, -0.2) is 27.7 Å². The zero-order valence-corrected chi connectivity index (χ0v) is 9.58. The maximum Gasteiger partial charge on any atom is 0.420 e. The predicted molar refractivity (Wildman–Crippen MR) is 54.3 cm³/mol. The maximum absolute atomic E-state index is 12.7. The summed E-state index contributed by atoms with van der Waals surface area (Å²) in [5.74, 6) is -0.857. The van der Waals surface area contributed by atoms with Gasteiger partial charge in [0.2, 0.25) is 0 Å². The van der Waals surface area contributed by atoms with E-state index in [9.17, 15) is 18.0 Å². The van der Waals surface area contributed by atoms with E-state index < -0.39 is 23.4 Å². The van der Waals surface area contributed by atoms with Crippen LogP contribution in [0.5, 0.6) is 0 Å². The largest absolute Gasteiger partial charge is 0.464 e. The van der Waals surface area contributed by atoms with Gasteiger partial charge in [0.05, 0.1) is 13.3 Å². The molecule has 96 valence electrons. The molecule has 18 heavy (non-hydrogen) atoms. The first-order valence-corrected chi connectivity index (χ1v) is 4.92. The number of nitrogens with zero attached hydrogens (tertiary/aromatic N) is 3. The molecule has 0 aromatic carbocycles. The van der Waals surface area contributed by atoms with E-state index in [2.05, 4.69) is 14.8 Å². The van der Waals surface area contributed by atoms with E-state index in [1.807, 2.05) is 0 Å². The molecule has 0 N–H and O–H groups in total. The van der Waals surface area contributed by atoms with Gasteiger partial charge in [-0.05, 0) is 6.07 Å². The number of alkyl halides is 3. The number of methoxy groups -OCH3 is 1. The Labute approximate surface area is 103 Å². The van der Waals surface area contributed by atoms with Gasteiger partial charge in [-0.15, -0.1) is 0 Å². The summed E-state index contributed by atoms with van der Waals surface area (Å²) in [4.78, 5) is 14.7. The number of ether oxygens (including phenoxy) is 1. The van der Waals surface area contributed by atoms with Crippen LogP contribution in [0.15, 0.2) is 12.3 Å². The van der Waals surface area contributed by atoms with Crippen LogP contribution in [-0.2, 0) is 10.9 Å². The number of hydrogen-bond acceptors (Lipinski definition) is 4. The molecule has 0 unspecified atom stereocenters. The number of carbonyl (C=O) groups excluding carboxylic acids is 1. The molecule has 2 aromatic rings. The normalized spacial score (nSPS) is 11.8. The van der Waals surface area contributed by atoms with Crippen LogP contribution in [0, 0.1) is 0 Å². The lowest BCUT2D eigenvalue weighted by Gasteiger charge is -2.07. The molecule has 2 rings (SSSR count). The molecular formula is C9H5ClF3N3O2. The minimum absolute atomic E-state index is 0.280. The molecule has 0 saturated heterocycles. The second-order valence-electron chi connectivity index (χ2n) is 3.26. The summed E-state index contributed by atoms with van der Waals surface area (Å²) in [7, 11) is 1.09. The number of fused-ring (bicyclic) bond motifs is 1. The summed E-state index contributed by atoms with van der Waals surface area (Å²) in [5.41, 5.74) is -1.86. The molecule has 9 heteroatoms. The first-order chi connectivity index (χ1) is 8.32. The Kier molecular flexibility index (Phi) is 2.89. The van der Waals surface area contributed by atoms with Crippen LogP contribution in [0.3, 0.4) is 0 Å². The zero-order valence-electron chi connectivity index (χ0n) is 8.82. The Morgan fingerprint density at radius 3 is 2.72 bits per heavy atom. The Hall–Kier alpha value is -1.83. The first kappa shape index (κ1) is 12.6. The lowest BCUT2D eigenvalue weighted by atomic mass is 10.3. The second kappa shape index (κ2) is 4.13. The minimum Gasteiger partial charge on any atom is -0.464 e. The molecule has 0 aliphatic carbocycles. The molecule has 2 aromatic heterocycles. The van der Waals surface area contributed by atoms with Crippen LogP contribution in [0.2, 0.25) is 5.15 Å². The highest BCUT2D eigenvalue weighted by Crippen LogP contribution is 2.33. The molecule has 0 saturated carbocycles. The lowest BCUT2D eigenvalue weighted by molar-refractivity contribution is -0.136. The zero-order chi connectivity index (χ0) is 13.5. The van der Waals surface area contributed by atoms with Gasteiger partial charge in [-0.25, -0.2) is 14.3 Å². The van der Waals surface area contributed by atoms with E-state index in [0.717, 1.165) is 17.8 Å². The van der Waals surface area contributed by atoms with Crippen molar-refractivity contribution in [2.45, 2.75) is 6.18 Å². The number of carbonyl (C=O) groups is 1. The molecule has 0 atom stereocenters. The summed E-state index contributed by atoms with van der Waals surface area (Å²) in [6.45, 7) is 0. The monoisotopic (exact) mass is 279 g/mol. The van der Waals surface area contributed by atoms with Crippen molar-refractivity contribution in [3.63, 3.8) is 0 Å². The van der Waals surface area contributed by atoms with Gasteiger partial charge >= 0.3 is 12.1 Å². The SMILES string of the molecule is COC(=O)c1cn2nc(Cl)cc(C(F)(F)F)c2n1. The van der Waals surface area contributed by atoms with Crippen molar-refractivity contribution in [3.05, 3.63) is 28.7 Å². The Balaban J connectivity index is 2.72. The standard InChI is InChI=1S/C9H5ClF3N3O2/c1-18-8(17)5-3-16-7(14-5)4(9(11,12)13)2-6(10)15-16/h2-3H,1H3. The highest BCUT2D eigenvalue weighted by molar-refractivity contribution is 6.29. The van der Waals surface area contributed by atoms with Crippen molar-refractivity contribution in [2.75, 3.05) is 7.11 Å². The Morgan fingerprint density at radius 1 is 1.50 bits per heavy atom. The highest BCUT2D eigenvalue weighted by Gasteiger charge is 2.35. The van der Waals surface area contributed by atoms with Gasteiger partial charge in [0.1, 0.15) is 5.56 Å². The Morgan fingerprint density at radius 2 is 2.17 bits per heavy atom. The number of imidazole rings is 1. The van der Waals surface area contributed by atoms with Crippen molar-refractivity contribution in [2.24, 2.45) is 0 Å². The van der Waals surface area contributed by atoms with Crippen LogP contribution < -0.4 is 0 Å². The van der Waals surface area contributed by atoms with Crippen LogP contribution >= 0.6 is 11.6 Å². The number of hydrogen-bond donors (Lipinski definition) is 0. The van der Waals surface area contributed by atoms with Gasteiger partial charge < -0.3 is 4.74 Å². The fourth-order valence-electron chi connectivity index (χ4n) is 1.36. The van der Waals surface area contributed by atoms with E-state index in [1.165, 1.54) is 0 Å². The maximum atomic E-state index is 12.7. The average molecular weight is 280 g/mol. The van der Waals surface area contributed by atoms with E-state index in [1.54, 1.807) is 0 Å². The van der Waals surface area contributed by atoms with E-state index >= 15 is 0 Å². The molecule has 2 heterocycles. The van der Waals surface area contributed by atoms with Crippen molar-refractivity contribution < 1.29 is 22.7 Å².